The number of nitrogens with zero attached hydrogens (tertiary/aromatic N) is 1. The van der Waals surface area contributed by atoms with Crippen molar-refractivity contribution in [3.8, 4) is 17.2 Å². The topological polar surface area (TPSA) is 137 Å². The Morgan fingerprint density at radius 3 is 1.98 bits per heavy atom. The molecule has 3 aromatic rings. The molecule has 3 amide bonds. The van der Waals surface area contributed by atoms with Gasteiger partial charge in [-0.15, -0.1) is 0 Å². The summed E-state index contributed by atoms with van der Waals surface area (Å²) in [5, 5.41) is 17.6. The summed E-state index contributed by atoms with van der Waals surface area (Å²) in [7, 11) is -0.374. The zero-order chi connectivity index (χ0) is 32.6. The van der Waals surface area contributed by atoms with Crippen LogP contribution in [0, 0.1) is 11.3 Å². The average Bonchev–Trinajstić information content (AvgIpc) is 3.71. The maximum absolute atomic E-state index is 13.5. The monoisotopic (exact) mass is 638 g/mol. The molecule has 1 fully saturated rings. The van der Waals surface area contributed by atoms with Crippen LogP contribution >= 0.6 is 10.5 Å². The van der Waals surface area contributed by atoms with Gasteiger partial charge in [-0.2, -0.15) is 15.7 Å². The Morgan fingerprint density at radius 2 is 1.37 bits per heavy atom. The van der Waals surface area contributed by atoms with Crippen molar-refractivity contribution in [1.82, 2.24) is 16.0 Å². The van der Waals surface area contributed by atoms with Crippen molar-refractivity contribution < 1.29 is 23.9 Å². The summed E-state index contributed by atoms with van der Waals surface area (Å²) in [6.07, 6.45) is 1.39. The standard InChI is InChI=1S/C36H38N4O5S/c1-23(33(41)32(21-37)46-18-10-11-19-46)38-34(42)24(2)39-35(43)31(20-25-12-4-3-5-13-25)40-36(44)45-22-30-28-16-8-6-14-26(28)27-15-7-9-17-29(27)30/h3-9,12-17,23-24,30-31H,10-11,18-20,22H2,1-2H3,(H,38,42)(H,39,43)(H,40,44)/t23-,24-,31-/m0/s1. The van der Waals surface area contributed by atoms with Crippen molar-refractivity contribution in [1.29, 1.82) is 5.26 Å². The van der Waals surface area contributed by atoms with E-state index >= 15 is 0 Å². The van der Waals surface area contributed by atoms with E-state index in [-0.39, 0.29) is 34.3 Å². The van der Waals surface area contributed by atoms with Crippen LogP contribution in [0.2, 0.25) is 0 Å². The number of alkyl carbamates (subject to hydrolysis) is 1. The average molecular weight is 639 g/mol. The Morgan fingerprint density at radius 1 is 0.804 bits per heavy atom. The van der Waals surface area contributed by atoms with Crippen molar-refractivity contribution in [2.45, 2.75) is 57.2 Å². The van der Waals surface area contributed by atoms with E-state index in [4.69, 9.17) is 4.74 Å². The normalized spacial score (nSPS) is 15.8. The summed E-state index contributed by atoms with van der Waals surface area (Å²) in [6, 6.07) is 24.4. The number of amides is 3. The molecule has 1 saturated heterocycles. The molecule has 3 N–H and O–H groups in total. The van der Waals surface area contributed by atoms with Crippen LogP contribution in [0.15, 0.2) is 78.9 Å². The van der Waals surface area contributed by atoms with Crippen molar-refractivity contribution in [3.63, 3.8) is 0 Å². The van der Waals surface area contributed by atoms with Crippen LogP contribution in [0.1, 0.15) is 49.3 Å². The number of benzene rings is 3. The van der Waals surface area contributed by atoms with Crippen LogP contribution < -0.4 is 16.0 Å². The number of carbonyl (C=O) groups excluding carboxylic acids is 4. The number of ether oxygens (including phenoxy) is 1. The SMILES string of the molecule is C[C@H](NC(=O)[C@H](Cc1ccccc1)NC(=O)OCC1c2ccccc2-c2ccccc21)C(=O)N[C@@H](C)C(=O)C(C#N)=S1CCCC1. The number of rotatable bonds is 11. The third-order valence-corrected chi connectivity index (χ3v) is 10.8. The van der Waals surface area contributed by atoms with E-state index in [2.05, 4.69) is 34.2 Å². The smallest absolute Gasteiger partial charge is 0.407 e. The molecule has 0 bridgehead atoms. The molecule has 238 valence electrons. The highest BCUT2D eigenvalue weighted by atomic mass is 32.2. The minimum absolute atomic E-state index is 0.0907. The molecule has 9 nitrogen and oxygen atoms in total. The predicted molar refractivity (Wildman–Crippen MR) is 180 cm³/mol. The molecule has 1 heterocycles. The predicted octanol–water partition coefficient (Wildman–Crippen LogP) is 4.47. The highest BCUT2D eigenvalue weighted by molar-refractivity contribution is 8.17. The summed E-state index contributed by atoms with van der Waals surface area (Å²) in [6.45, 7) is 3.14. The maximum Gasteiger partial charge on any atom is 0.407 e. The number of carbonyl (C=O) groups is 4. The number of hydrogen-bond donors (Lipinski definition) is 3. The Hall–Kier alpha value is -4.75. The zero-order valence-corrected chi connectivity index (χ0v) is 26.8. The lowest BCUT2D eigenvalue weighted by molar-refractivity contribution is -0.130. The second kappa shape index (κ2) is 15.0. The first-order valence-electron chi connectivity index (χ1n) is 15.5. The van der Waals surface area contributed by atoms with Gasteiger partial charge in [0.1, 0.15) is 29.6 Å². The van der Waals surface area contributed by atoms with Gasteiger partial charge in [0.05, 0.1) is 6.04 Å². The summed E-state index contributed by atoms with van der Waals surface area (Å²) in [4.78, 5) is 52.7. The van der Waals surface area contributed by atoms with Crippen LogP contribution in [-0.4, -0.2) is 64.8 Å². The molecule has 0 saturated carbocycles. The molecule has 0 unspecified atom stereocenters. The van der Waals surface area contributed by atoms with Gasteiger partial charge in [0, 0.05) is 12.3 Å². The molecule has 0 radical (unpaired) electrons. The van der Waals surface area contributed by atoms with Gasteiger partial charge in [0.25, 0.3) is 0 Å². The fourth-order valence-electron chi connectivity index (χ4n) is 5.94. The molecule has 3 atom stereocenters. The van der Waals surface area contributed by atoms with E-state index in [9.17, 15) is 24.4 Å². The molecule has 0 aromatic heterocycles. The minimum atomic E-state index is -1.03. The number of Topliss-reactive ketones (excluding diaryl/α,β-unsaturated/α-hetero) is 1. The Kier molecular flexibility index (Phi) is 10.7. The maximum atomic E-state index is 13.5. The lowest BCUT2D eigenvalue weighted by Gasteiger charge is -2.23. The summed E-state index contributed by atoms with van der Waals surface area (Å²) in [5.41, 5.74) is 5.18. The van der Waals surface area contributed by atoms with Gasteiger partial charge in [-0.3, -0.25) is 14.4 Å². The molecule has 5 rings (SSSR count). The van der Waals surface area contributed by atoms with Gasteiger partial charge < -0.3 is 20.7 Å². The van der Waals surface area contributed by atoms with Crippen LogP contribution in [-0.2, 0) is 25.5 Å². The van der Waals surface area contributed by atoms with Crippen molar-refractivity contribution in [2.24, 2.45) is 0 Å². The zero-order valence-electron chi connectivity index (χ0n) is 26.0. The van der Waals surface area contributed by atoms with Gasteiger partial charge in [-0.1, -0.05) is 78.9 Å². The Labute approximate surface area is 271 Å². The number of nitrogens with one attached hydrogen (secondary N) is 3. The van der Waals surface area contributed by atoms with Crippen molar-refractivity contribution in [3.05, 3.63) is 95.6 Å². The van der Waals surface area contributed by atoms with Crippen LogP contribution in [0.3, 0.4) is 0 Å². The van der Waals surface area contributed by atoms with Crippen LogP contribution in [0.5, 0.6) is 0 Å². The number of nitriles is 1. The van der Waals surface area contributed by atoms with Crippen LogP contribution in [0.25, 0.3) is 11.1 Å². The molecule has 46 heavy (non-hydrogen) atoms. The molecule has 1 aliphatic carbocycles. The van der Waals surface area contributed by atoms with Crippen LogP contribution in [0.4, 0.5) is 4.79 Å². The lowest BCUT2D eigenvalue weighted by Crippen LogP contribution is -2.55. The van der Waals surface area contributed by atoms with E-state index in [0.29, 0.717) is 0 Å². The fourth-order valence-corrected chi connectivity index (χ4v) is 8.25. The first-order valence-corrected chi connectivity index (χ1v) is 17.1. The number of ketones is 1. The van der Waals surface area contributed by atoms with Gasteiger partial charge in [-0.05, 0) is 66.0 Å². The summed E-state index contributed by atoms with van der Waals surface area (Å²) < 4.78 is 5.69. The Balaban J connectivity index is 1.22. The molecular formula is C36H38N4O5S. The van der Waals surface area contributed by atoms with E-state index in [1.54, 1.807) is 6.92 Å². The highest BCUT2D eigenvalue weighted by Crippen LogP contribution is 2.44. The molecule has 0 spiro atoms. The quantitative estimate of drug-likeness (QED) is 0.265. The molecule has 3 aromatic carbocycles. The first kappa shape index (κ1) is 32.6. The van der Waals surface area contributed by atoms with E-state index in [1.165, 1.54) is 6.92 Å². The first-order chi connectivity index (χ1) is 22.3. The minimum Gasteiger partial charge on any atom is -0.449 e. The van der Waals surface area contributed by atoms with Gasteiger partial charge in [0.2, 0.25) is 17.6 Å². The lowest BCUT2D eigenvalue weighted by atomic mass is 9.98. The number of hydrogen-bond acceptors (Lipinski definition) is 6. The van der Waals surface area contributed by atoms with E-state index < -0.39 is 41.8 Å². The second-order valence-electron chi connectivity index (χ2n) is 11.6. The third-order valence-electron chi connectivity index (χ3n) is 8.38. The van der Waals surface area contributed by atoms with Crippen molar-refractivity contribution in [2.75, 3.05) is 18.1 Å². The number of fused-ring (bicyclic) bond motifs is 3. The molecule has 10 heteroatoms. The molecule has 1 aliphatic heterocycles. The van der Waals surface area contributed by atoms with Gasteiger partial charge >= 0.3 is 6.09 Å². The summed E-state index contributed by atoms with van der Waals surface area (Å²) >= 11 is 0. The van der Waals surface area contributed by atoms with E-state index in [1.807, 2.05) is 66.7 Å². The highest BCUT2D eigenvalue weighted by Gasteiger charge is 2.31. The summed E-state index contributed by atoms with van der Waals surface area (Å²) in [5.74, 6) is -0.0290. The molecule has 2 aliphatic rings. The van der Waals surface area contributed by atoms with Crippen molar-refractivity contribution >= 4 is 39.0 Å². The molecular weight excluding hydrogens is 600 g/mol. The Bertz CT molecular complexity index is 1650. The largest absolute Gasteiger partial charge is 0.449 e. The third kappa shape index (κ3) is 7.54. The fraction of sp³-hybridized carbons (Fsp3) is 0.333. The van der Waals surface area contributed by atoms with Gasteiger partial charge in [0.15, 0.2) is 0 Å². The second-order valence-corrected chi connectivity index (χ2v) is 13.8. The van der Waals surface area contributed by atoms with E-state index in [0.717, 1.165) is 52.2 Å². The van der Waals surface area contributed by atoms with Gasteiger partial charge in [-0.25, -0.2) is 4.79 Å².